The number of hydrogen-bond acceptors (Lipinski definition) is 2. The van der Waals surface area contributed by atoms with Crippen molar-refractivity contribution in [3.05, 3.63) is 0 Å². The zero-order valence-electron chi connectivity index (χ0n) is 8.18. The minimum absolute atomic E-state index is 0.767. The predicted molar refractivity (Wildman–Crippen MR) is 53.0 cm³/mol. The van der Waals surface area contributed by atoms with Crippen molar-refractivity contribution >= 4 is 0 Å². The van der Waals surface area contributed by atoms with E-state index in [0.29, 0.717) is 0 Å². The summed E-state index contributed by atoms with van der Waals surface area (Å²) in [6, 6.07) is 0. The van der Waals surface area contributed by atoms with Crippen LogP contribution in [-0.2, 0) is 0 Å². The van der Waals surface area contributed by atoms with Crippen molar-refractivity contribution < 1.29 is 0 Å². The van der Waals surface area contributed by atoms with E-state index >= 15 is 0 Å². The second-order valence-electron chi connectivity index (χ2n) is 4.12. The Morgan fingerprint density at radius 2 is 1.92 bits per heavy atom. The van der Waals surface area contributed by atoms with Crippen molar-refractivity contribution in [2.75, 3.05) is 19.6 Å². The Kier molecular flexibility index (Phi) is 4.62. The fraction of sp³-hybridized carbons (Fsp3) is 1.00. The third kappa shape index (κ3) is 3.55. The van der Waals surface area contributed by atoms with Gasteiger partial charge in [0, 0.05) is 13.1 Å². The molecular formula is C10H22N2. The van der Waals surface area contributed by atoms with Gasteiger partial charge in [-0.1, -0.05) is 19.8 Å². The standard InChI is InChI=1S/C10H22N2/c1-9-2-4-10(5-3-9)8-12-7-6-11/h9-10,12H,2-8,11H2,1H3. The zero-order chi connectivity index (χ0) is 8.81. The van der Waals surface area contributed by atoms with E-state index in [9.17, 15) is 0 Å². The summed E-state index contributed by atoms with van der Waals surface area (Å²) in [5.41, 5.74) is 5.40. The van der Waals surface area contributed by atoms with E-state index in [2.05, 4.69) is 12.2 Å². The van der Waals surface area contributed by atoms with Crippen LogP contribution >= 0.6 is 0 Å². The summed E-state index contributed by atoms with van der Waals surface area (Å²) < 4.78 is 0. The van der Waals surface area contributed by atoms with Crippen molar-refractivity contribution in [2.24, 2.45) is 17.6 Å². The van der Waals surface area contributed by atoms with E-state index < -0.39 is 0 Å². The summed E-state index contributed by atoms with van der Waals surface area (Å²) in [5, 5.41) is 3.39. The zero-order valence-corrected chi connectivity index (χ0v) is 8.18. The van der Waals surface area contributed by atoms with Gasteiger partial charge in [0.25, 0.3) is 0 Å². The summed E-state index contributed by atoms with van der Waals surface area (Å²) in [6.07, 6.45) is 5.68. The van der Waals surface area contributed by atoms with Crippen molar-refractivity contribution in [1.29, 1.82) is 0 Å². The molecule has 0 atom stereocenters. The van der Waals surface area contributed by atoms with Gasteiger partial charge in [0.15, 0.2) is 0 Å². The second kappa shape index (κ2) is 5.55. The van der Waals surface area contributed by atoms with E-state index in [1.807, 2.05) is 0 Å². The molecule has 0 unspecified atom stereocenters. The monoisotopic (exact) mass is 170 g/mol. The first-order valence-corrected chi connectivity index (χ1v) is 5.23. The van der Waals surface area contributed by atoms with E-state index in [4.69, 9.17) is 5.73 Å². The minimum Gasteiger partial charge on any atom is -0.329 e. The van der Waals surface area contributed by atoms with Gasteiger partial charge in [0.1, 0.15) is 0 Å². The topological polar surface area (TPSA) is 38.0 Å². The van der Waals surface area contributed by atoms with Crippen LogP contribution in [0, 0.1) is 11.8 Å². The van der Waals surface area contributed by atoms with Crippen molar-refractivity contribution in [2.45, 2.75) is 32.6 Å². The van der Waals surface area contributed by atoms with Gasteiger partial charge in [-0.25, -0.2) is 0 Å². The van der Waals surface area contributed by atoms with Gasteiger partial charge in [-0.2, -0.15) is 0 Å². The van der Waals surface area contributed by atoms with Crippen LogP contribution in [0.1, 0.15) is 32.6 Å². The highest BCUT2D eigenvalue weighted by Gasteiger charge is 2.17. The van der Waals surface area contributed by atoms with Gasteiger partial charge in [-0.15, -0.1) is 0 Å². The number of nitrogens with two attached hydrogens (primary N) is 1. The van der Waals surface area contributed by atoms with E-state index in [1.54, 1.807) is 0 Å². The van der Waals surface area contributed by atoms with E-state index in [1.165, 1.54) is 32.2 Å². The van der Waals surface area contributed by atoms with Gasteiger partial charge < -0.3 is 11.1 Å². The van der Waals surface area contributed by atoms with Crippen LogP contribution in [0.3, 0.4) is 0 Å². The Labute approximate surface area is 75.9 Å². The van der Waals surface area contributed by atoms with Crippen LogP contribution in [0.2, 0.25) is 0 Å². The summed E-state index contributed by atoms with van der Waals surface area (Å²) >= 11 is 0. The quantitative estimate of drug-likeness (QED) is 0.625. The largest absolute Gasteiger partial charge is 0.329 e. The Morgan fingerprint density at radius 3 is 2.50 bits per heavy atom. The Balaban J connectivity index is 2.01. The molecule has 1 rings (SSSR count). The fourth-order valence-corrected chi connectivity index (χ4v) is 1.94. The molecule has 0 aromatic rings. The summed E-state index contributed by atoms with van der Waals surface area (Å²) in [5.74, 6) is 1.89. The molecule has 12 heavy (non-hydrogen) atoms. The summed E-state index contributed by atoms with van der Waals surface area (Å²) in [4.78, 5) is 0. The molecule has 1 fully saturated rings. The summed E-state index contributed by atoms with van der Waals surface area (Å²) in [7, 11) is 0. The maximum atomic E-state index is 5.40. The van der Waals surface area contributed by atoms with Crippen molar-refractivity contribution in [3.8, 4) is 0 Å². The van der Waals surface area contributed by atoms with Crippen LogP contribution in [0.4, 0.5) is 0 Å². The smallest absolute Gasteiger partial charge is 0.00746 e. The van der Waals surface area contributed by atoms with Gasteiger partial charge in [0.2, 0.25) is 0 Å². The average Bonchev–Trinajstić information content (AvgIpc) is 2.09. The molecule has 0 bridgehead atoms. The first-order valence-electron chi connectivity index (χ1n) is 5.23. The molecule has 72 valence electrons. The SMILES string of the molecule is CC1CCC(CNCCN)CC1. The first kappa shape index (κ1) is 10.0. The van der Waals surface area contributed by atoms with Crippen LogP contribution in [0.25, 0.3) is 0 Å². The number of hydrogen-bond donors (Lipinski definition) is 2. The lowest BCUT2D eigenvalue weighted by molar-refractivity contribution is 0.282. The molecule has 0 spiro atoms. The van der Waals surface area contributed by atoms with Crippen LogP contribution < -0.4 is 11.1 Å². The van der Waals surface area contributed by atoms with Crippen LogP contribution in [0.5, 0.6) is 0 Å². The summed E-state index contributed by atoms with van der Waals surface area (Å²) in [6.45, 7) is 5.29. The number of nitrogens with one attached hydrogen (secondary N) is 1. The molecule has 0 aliphatic heterocycles. The molecule has 1 saturated carbocycles. The van der Waals surface area contributed by atoms with Crippen LogP contribution in [0.15, 0.2) is 0 Å². The van der Waals surface area contributed by atoms with Gasteiger partial charge >= 0.3 is 0 Å². The molecule has 0 amide bonds. The van der Waals surface area contributed by atoms with Gasteiger partial charge in [-0.3, -0.25) is 0 Å². The van der Waals surface area contributed by atoms with Crippen molar-refractivity contribution in [1.82, 2.24) is 5.32 Å². The lowest BCUT2D eigenvalue weighted by atomic mass is 9.83. The Hall–Kier alpha value is -0.0800. The molecule has 0 aromatic carbocycles. The Morgan fingerprint density at radius 1 is 1.25 bits per heavy atom. The van der Waals surface area contributed by atoms with Crippen LogP contribution in [-0.4, -0.2) is 19.6 Å². The predicted octanol–water partition coefficient (Wildman–Crippen LogP) is 1.36. The molecule has 1 aliphatic rings. The van der Waals surface area contributed by atoms with E-state index in [-0.39, 0.29) is 0 Å². The van der Waals surface area contributed by atoms with Gasteiger partial charge in [-0.05, 0) is 31.2 Å². The highest BCUT2D eigenvalue weighted by atomic mass is 14.9. The normalized spacial score (nSPS) is 30.5. The van der Waals surface area contributed by atoms with Crippen molar-refractivity contribution in [3.63, 3.8) is 0 Å². The lowest BCUT2D eigenvalue weighted by Crippen LogP contribution is -2.29. The maximum absolute atomic E-state index is 5.40. The molecule has 3 N–H and O–H groups in total. The molecule has 0 saturated heterocycles. The highest BCUT2D eigenvalue weighted by Crippen LogP contribution is 2.27. The highest BCUT2D eigenvalue weighted by molar-refractivity contribution is 4.71. The molecule has 0 heterocycles. The molecule has 2 nitrogen and oxygen atoms in total. The molecule has 0 aromatic heterocycles. The fourth-order valence-electron chi connectivity index (χ4n) is 1.94. The molecule has 2 heteroatoms. The average molecular weight is 170 g/mol. The molecular weight excluding hydrogens is 148 g/mol. The van der Waals surface area contributed by atoms with Gasteiger partial charge in [0.05, 0.1) is 0 Å². The second-order valence-corrected chi connectivity index (χ2v) is 4.12. The third-order valence-corrected chi connectivity index (χ3v) is 2.89. The van der Waals surface area contributed by atoms with E-state index in [0.717, 1.165) is 24.9 Å². The first-order chi connectivity index (χ1) is 5.83. The maximum Gasteiger partial charge on any atom is 0.00746 e. The minimum atomic E-state index is 0.767. The third-order valence-electron chi connectivity index (χ3n) is 2.89. The number of rotatable bonds is 4. The Bertz CT molecular complexity index is 106. The molecule has 1 aliphatic carbocycles. The lowest BCUT2D eigenvalue weighted by Gasteiger charge is -2.26. The molecule has 0 radical (unpaired) electrons.